The zero-order valence-corrected chi connectivity index (χ0v) is 17.0. The summed E-state index contributed by atoms with van der Waals surface area (Å²) in [7, 11) is 1.24. The van der Waals surface area contributed by atoms with Crippen LogP contribution in [0.25, 0.3) is 0 Å². The lowest BCUT2D eigenvalue weighted by atomic mass is 9.99. The quantitative estimate of drug-likeness (QED) is 0.268. The maximum atomic E-state index is 12.1. The Hall–Kier alpha value is -1.26. The number of carbonyl (C=O) groups excluding carboxylic acids is 2. The molecule has 9 nitrogen and oxygen atoms in total. The summed E-state index contributed by atoms with van der Waals surface area (Å²) in [6.07, 6.45) is -0.765. The van der Waals surface area contributed by atoms with Gasteiger partial charge in [-0.15, -0.1) is 0 Å². The lowest BCUT2D eigenvalue weighted by molar-refractivity contribution is -0.304. The van der Waals surface area contributed by atoms with E-state index < -0.39 is 42.8 Å². The van der Waals surface area contributed by atoms with Gasteiger partial charge in [-0.05, 0) is 13.3 Å². The fourth-order valence-electron chi connectivity index (χ4n) is 3.03. The molecule has 1 unspecified atom stereocenters. The van der Waals surface area contributed by atoms with Crippen LogP contribution in [0.2, 0.25) is 0 Å². The van der Waals surface area contributed by atoms with Gasteiger partial charge in [-0.1, -0.05) is 39.0 Å². The monoisotopic (exact) mass is 405 g/mol. The molecule has 1 aliphatic heterocycles. The number of aliphatic hydroxyl groups is 3. The first kappa shape index (κ1) is 24.8. The summed E-state index contributed by atoms with van der Waals surface area (Å²) in [5, 5.41) is 32.3. The average molecular weight is 405 g/mol. The van der Waals surface area contributed by atoms with E-state index in [0.717, 1.165) is 32.1 Å². The number of methoxy groups -OCH3 is 1. The van der Waals surface area contributed by atoms with Crippen LogP contribution in [-0.2, 0) is 23.8 Å². The number of hydrogen-bond donors (Lipinski definition) is 4. The van der Waals surface area contributed by atoms with Crippen molar-refractivity contribution >= 4 is 11.9 Å². The number of nitrogens with one attached hydrogen (secondary N) is 1. The third-order valence-electron chi connectivity index (χ3n) is 4.84. The van der Waals surface area contributed by atoms with Crippen LogP contribution in [0.1, 0.15) is 58.8 Å². The van der Waals surface area contributed by atoms with Crippen molar-refractivity contribution in [2.45, 2.75) is 95.6 Å². The maximum absolute atomic E-state index is 12.1. The van der Waals surface area contributed by atoms with Crippen LogP contribution in [0.5, 0.6) is 0 Å². The van der Waals surface area contributed by atoms with Gasteiger partial charge in [0.2, 0.25) is 5.91 Å². The van der Waals surface area contributed by atoms with E-state index in [1.54, 1.807) is 6.92 Å². The lowest BCUT2D eigenvalue weighted by Crippen LogP contribution is -2.58. The average Bonchev–Trinajstić information content (AvgIpc) is 2.68. The second kappa shape index (κ2) is 13.1. The summed E-state index contributed by atoms with van der Waals surface area (Å²) in [6.45, 7) is 3.46. The molecule has 9 heteroatoms. The van der Waals surface area contributed by atoms with Crippen molar-refractivity contribution in [2.75, 3.05) is 13.7 Å². The van der Waals surface area contributed by atoms with E-state index in [1.807, 2.05) is 0 Å². The van der Waals surface area contributed by atoms with Crippen molar-refractivity contribution < 1.29 is 39.1 Å². The van der Waals surface area contributed by atoms with E-state index in [9.17, 15) is 24.9 Å². The molecule has 6 atom stereocenters. The number of rotatable bonds is 12. The van der Waals surface area contributed by atoms with Crippen LogP contribution in [0, 0.1) is 0 Å². The molecule has 1 rings (SSSR count). The van der Waals surface area contributed by atoms with E-state index in [2.05, 4.69) is 17.0 Å². The van der Waals surface area contributed by atoms with Crippen LogP contribution in [0.15, 0.2) is 0 Å². The fraction of sp³-hybridized carbons (Fsp3) is 0.895. The highest BCUT2D eigenvalue weighted by Crippen LogP contribution is 2.24. The van der Waals surface area contributed by atoms with Crippen molar-refractivity contribution in [3.8, 4) is 0 Å². The van der Waals surface area contributed by atoms with Gasteiger partial charge in [0.05, 0.1) is 25.7 Å². The van der Waals surface area contributed by atoms with Gasteiger partial charge >= 0.3 is 5.97 Å². The minimum Gasteiger partial charge on any atom is -0.468 e. The highest BCUT2D eigenvalue weighted by Gasteiger charge is 2.43. The SMILES string of the molecule is CCCCCCCC(CC(=O)NCC(=O)OC)O[C@@H]1O[C@@H](C)[C@H](O)[C@@H](O)[C@H]1O. The Kier molecular flexibility index (Phi) is 11.6. The number of aliphatic hydroxyl groups excluding tert-OH is 3. The summed E-state index contributed by atoms with van der Waals surface area (Å²) in [6, 6.07) is 0. The third kappa shape index (κ3) is 8.40. The molecule has 0 spiro atoms. The van der Waals surface area contributed by atoms with Gasteiger partial charge in [0.15, 0.2) is 6.29 Å². The molecule has 4 N–H and O–H groups in total. The molecule has 0 saturated carbocycles. The topological polar surface area (TPSA) is 135 Å². The molecule has 0 aliphatic carbocycles. The number of unbranched alkanes of at least 4 members (excludes halogenated alkanes) is 4. The van der Waals surface area contributed by atoms with Gasteiger partial charge in [-0.25, -0.2) is 0 Å². The van der Waals surface area contributed by atoms with Crippen molar-refractivity contribution in [3.63, 3.8) is 0 Å². The summed E-state index contributed by atoms with van der Waals surface area (Å²) in [5.74, 6) is -0.940. The first-order valence-corrected chi connectivity index (χ1v) is 9.98. The first-order valence-electron chi connectivity index (χ1n) is 9.98. The molecular weight excluding hydrogens is 370 g/mol. The normalized spacial score (nSPS) is 28.6. The Bertz CT molecular complexity index is 475. The Morgan fingerprint density at radius 2 is 1.75 bits per heavy atom. The summed E-state index contributed by atoms with van der Waals surface area (Å²) in [4.78, 5) is 23.3. The highest BCUT2D eigenvalue weighted by atomic mass is 16.7. The van der Waals surface area contributed by atoms with Crippen molar-refractivity contribution in [2.24, 2.45) is 0 Å². The largest absolute Gasteiger partial charge is 0.468 e. The molecule has 28 heavy (non-hydrogen) atoms. The first-order chi connectivity index (χ1) is 13.3. The highest BCUT2D eigenvalue weighted by molar-refractivity contribution is 5.82. The van der Waals surface area contributed by atoms with Gasteiger partial charge in [0, 0.05) is 0 Å². The predicted molar refractivity (Wildman–Crippen MR) is 100 cm³/mol. The zero-order chi connectivity index (χ0) is 21.1. The molecule has 0 radical (unpaired) electrons. The Labute approximate surface area is 166 Å². The molecule has 0 aromatic carbocycles. The third-order valence-corrected chi connectivity index (χ3v) is 4.84. The number of esters is 1. The number of amides is 1. The number of ether oxygens (including phenoxy) is 3. The van der Waals surface area contributed by atoms with Gasteiger partial charge in [-0.2, -0.15) is 0 Å². The molecule has 1 heterocycles. The molecule has 1 aliphatic rings. The van der Waals surface area contributed by atoms with E-state index in [4.69, 9.17) is 9.47 Å². The zero-order valence-electron chi connectivity index (χ0n) is 17.0. The summed E-state index contributed by atoms with van der Waals surface area (Å²) < 4.78 is 15.7. The van der Waals surface area contributed by atoms with E-state index >= 15 is 0 Å². The molecule has 0 aromatic heterocycles. The van der Waals surface area contributed by atoms with Crippen LogP contribution in [-0.4, -0.2) is 77.7 Å². The summed E-state index contributed by atoms with van der Waals surface area (Å²) in [5.41, 5.74) is 0. The molecule has 0 bridgehead atoms. The molecule has 0 aromatic rings. The number of hydrogen-bond acceptors (Lipinski definition) is 8. The predicted octanol–water partition coefficient (Wildman–Crippen LogP) is 0.239. The Balaban J connectivity index is 2.63. The van der Waals surface area contributed by atoms with Crippen LogP contribution in [0.3, 0.4) is 0 Å². The van der Waals surface area contributed by atoms with Gasteiger partial charge in [0.25, 0.3) is 0 Å². The summed E-state index contributed by atoms with van der Waals surface area (Å²) >= 11 is 0. The minimum absolute atomic E-state index is 0.0234. The van der Waals surface area contributed by atoms with E-state index in [0.29, 0.717) is 6.42 Å². The van der Waals surface area contributed by atoms with Crippen LogP contribution >= 0.6 is 0 Å². The van der Waals surface area contributed by atoms with Gasteiger partial charge in [0.1, 0.15) is 24.9 Å². The molecule has 1 fully saturated rings. The Morgan fingerprint density at radius 3 is 2.39 bits per heavy atom. The van der Waals surface area contributed by atoms with Crippen LogP contribution in [0.4, 0.5) is 0 Å². The fourth-order valence-corrected chi connectivity index (χ4v) is 3.03. The molecule has 164 valence electrons. The molecular formula is C19H35NO8. The van der Waals surface area contributed by atoms with Gasteiger partial charge < -0.3 is 34.8 Å². The minimum atomic E-state index is -1.42. The van der Waals surface area contributed by atoms with Gasteiger partial charge in [-0.3, -0.25) is 9.59 Å². The van der Waals surface area contributed by atoms with E-state index in [-0.39, 0.29) is 18.9 Å². The Morgan fingerprint density at radius 1 is 1.07 bits per heavy atom. The van der Waals surface area contributed by atoms with Crippen molar-refractivity contribution in [3.05, 3.63) is 0 Å². The van der Waals surface area contributed by atoms with Crippen molar-refractivity contribution in [1.29, 1.82) is 0 Å². The second-order valence-corrected chi connectivity index (χ2v) is 7.20. The second-order valence-electron chi connectivity index (χ2n) is 7.20. The standard InChI is InChI=1S/C19H35NO8/c1-4-5-6-7-8-9-13(10-14(21)20-11-15(22)26-3)28-19-18(25)17(24)16(23)12(2)27-19/h12-13,16-19,23-25H,4-11H2,1-3H3,(H,20,21)/t12-,13?,16-,17+,18+,19-/m0/s1. The lowest BCUT2D eigenvalue weighted by Gasteiger charge is -2.40. The van der Waals surface area contributed by atoms with E-state index in [1.165, 1.54) is 7.11 Å². The molecule has 1 amide bonds. The number of carbonyl (C=O) groups is 2. The molecule has 1 saturated heterocycles. The smallest absolute Gasteiger partial charge is 0.325 e. The van der Waals surface area contributed by atoms with Crippen LogP contribution < -0.4 is 5.32 Å². The maximum Gasteiger partial charge on any atom is 0.325 e. The van der Waals surface area contributed by atoms with Crippen molar-refractivity contribution in [1.82, 2.24) is 5.32 Å².